The number of rotatable bonds is 2. The smallest absolute Gasteiger partial charge is 0.246 e. The topological polar surface area (TPSA) is 116 Å². The summed E-state index contributed by atoms with van der Waals surface area (Å²) in [5.41, 5.74) is 9.93. The molecule has 0 saturated carbocycles. The molecule has 1 aliphatic heterocycles. The van der Waals surface area contributed by atoms with Crippen molar-refractivity contribution in [3.8, 4) is 0 Å². The van der Waals surface area contributed by atoms with Gasteiger partial charge in [0.25, 0.3) is 0 Å². The highest BCUT2D eigenvalue weighted by atomic mass is 16.5. The molecule has 0 aromatic heterocycles. The van der Waals surface area contributed by atoms with Crippen molar-refractivity contribution < 1.29 is 19.4 Å². The molecule has 1 aliphatic rings. The van der Waals surface area contributed by atoms with Crippen molar-refractivity contribution in [2.24, 2.45) is 11.5 Å². The molecular formula is C7H12N2O4. The minimum absolute atomic E-state index is 0.124. The number of hydrogen-bond acceptors (Lipinski definition) is 4. The second-order valence-corrected chi connectivity index (χ2v) is 3.04. The van der Waals surface area contributed by atoms with E-state index in [2.05, 4.69) is 0 Å². The number of aliphatic hydroxyl groups is 1. The fourth-order valence-electron chi connectivity index (χ4n) is 1.27. The number of carbonyl (C=O) groups excluding carboxylic acids is 2. The third-order valence-corrected chi connectivity index (χ3v) is 1.94. The lowest BCUT2D eigenvalue weighted by Gasteiger charge is -2.29. The van der Waals surface area contributed by atoms with Crippen LogP contribution in [-0.4, -0.2) is 35.2 Å². The second kappa shape index (κ2) is 3.71. The highest BCUT2D eigenvalue weighted by Gasteiger charge is 2.34. The molecule has 0 aromatic rings. The van der Waals surface area contributed by atoms with Crippen LogP contribution in [0.5, 0.6) is 0 Å². The molecule has 2 atom stereocenters. The Bertz CT molecular complexity index is 209. The third kappa shape index (κ3) is 2.40. The number of primary amides is 2. The van der Waals surface area contributed by atoms with Crippen LogP contribution in [0.15, 0.2) is 0 Å². The molecule has 0 aromatic carbocycles. The van der Waals surface area contributed by atoms with Crippen molar-refractivity contribution in [3.63, 3.8) is 0 Å². The summed E-state index contributed by atoms with van der Waals surface area (Å²) in [7, 11) is 0. The SMILES string of the molecule is NC(=O)C1CC(O)CC(C(N)=O)O1. The van der Waals surface area contributed by atoms with Crippen LogP contribution in [0.2, 0.25) is 0 Å². The standard InChI is InChI=1S/C7H12N2O4/c8-6(11)4-1-3(10)2-5(13-4)7(9)12/h3-5,10H,1-2H2,(H2,8,11)(H2,9,12). The number of carbonyl (C=O) groups is 2. The predicted octanol–water partition coefficient (Wildman–Crippen LogP) is -2.13. The molecular weight excluding hydrogens is 176 g/mol. The van der Waals surface area contributed by atoms with Crippen LogP contribution in [0.3, 0.4) is 0 Å². The van der Waals surface area contributed by atoms with Crippen molar-refractivity contribution >= 4 is 11.8 Å². The summed E-state index contributed by atoms with van der Waals surface area (Å²) < 4.78 is 4.97. The maximum atomic E-state index is 10.7. The number of amides is 2. The first kappa shape index (κ1) is 9.94. The molecule has 5 N–H and O–H groups in total. The first-order chi connectivity index (χ1) is 6.00. The molecule has 1 rings (SSSR count). The summed E-state index contributed by atoms with van der Waals surface area (Å²) in [5.74, 6) is -1.38. The van der Waals surface area contributed by atoms with Gasteiger partial charge < -0.3 is 21.3 Å². The van der Waals surface area contributed by atoms with E-state index < -0.39 is 30.1 Å². The van der Waals surface area contributed by atoms with E-state index in [0.29, 0.717) is 0 Å². The van der Waals surface area contributed by atoms with Gasteiger partial charge >= 0.3 is 0 Å². The van der Waals surface area contributed by atoms with Crippen molar-refractivity contribution in [3.05, 3.63) is 0 Å². The van der Waals surface area contributed by atoms with Crippen molar-refractivity contribution in [2.75, 3.05) is 0 Å². The van der Waals surface area contributed by atoms with Crippen LogP contribution < -0.4 is 11.5 Å². The lowest BCUT2D eigenvalue weighted by atomic mass is 10.0. The van der Waals surface area contributed by atoms with E-state index in [1.54, 1.807) is 0 Å². The van der Waals surface area contributed by atoms with Gasteiger partial charge in [0.05, 0.1) is 6.10 Å². The highest BCUT2D eigenvalue weighted by Crippen LogP contribution is 2.19. The molecule has 1 heterocycles. The normalized spacial score (nSPS) is 34.1. The number of aliphatic hydroxyl groups excluding tert-OH is 1. The Kier molecular flexibility index (Phi) is 2.84. The van der Waals surface area contributed by atoms with Gasteiger partial charge in [-0.3, -0.25) is 9.59 Å². The Labute approximate surface area is 74.8 Å². The number of hydrogen-bond donors (Lipinski definition) is 3. The van der Waals surface area contributed by atoms with E-state index in [1.165, 1.54) is 0 Å². The zero-order valence-corrected chi connectivity index (χ0v) is 6.97. The maximum absolute atomic E-state index is 10.7. The summed E-state index contributed by atoms with van der Waals surface area (Å²) in [5, 5.41) is 9.25. The van der Waals surface area contributed by atoms with Crippen LogP contribution in [0.1, 0.15) is 12.8 Å². The molecule has 0 spiro atoms. The average Bonchev–Trinajstić information content (AvgIpc) is 2.03. The molecule has 6 heteroatoms. The van der Waals surface area contributed by atoms with Crippen LogP contribution in [-0.2, 0) is 14.3 Å². The first-order valence-electron chi connectivity index (χ1n) is 3.93. The van der Waals surface area contributed by atoms with Gasteiger partial charge in [-0.15, -0.1) is 0 Å². The zero-order chi connectivity index (χ0) is 10.0. The van der Waals surface area contributed by atoms with E-state index in [9.17, 15) is 14.7 Å². The van der Waals surface area contributed by atoms with Crippen LogP contribution in [0.4, 0.5) is 0 Å². The van der Waals surface area contributed by atoms with E-state index in [-0.39, 0.29) is 12.8 Å². The summed E-state index contributed by atoms with van der Waals surface area (Å²) in [6.07, 6.45) is -2.34. The minimum Gasteiger partial charge on any atom is -0.393 e. The van der Waals surface area contributed by atoms with Gasteiger partial charge in [0.1, 0.15) is 12.2 Å². The molecule has 13 heavy (non-hydrogen) atoms. The Morgan fingerprint density at radius 1 is 1.15 bits per heavy atom. The predicted molar refractivity (Wildman–Crippen MR) is 42.3 cm³/mol. The van der Waals surface area contributed by atoms with E-state index in [0.717, 1.165) is 0 Å². The quantitative estimate of drug-likeness (QED) is 0.458. The van der Waals surface area contributed by atoms with Gasteiger partial charge in [-0.05, 0) is 0 Å². The first-order valence-corrected chi connectivity index (χ1v) is 3.93. The van der Waals surface area contributed by atoms with Crippen LogP contribution in [0, 0.1) is 0 Å². The average molecular weight is 188 g/mol. The summed E-state index contributed by atoms with van der Waals surface area (Å²) >= 11 is 0. The fraction of sp³-hybridized carbons (Fsp3) is 0.714. The van der Waals surface area contributed by atoms with Gasteiger partial charge in [-0.25, -0.2) is 0 Å². The molecule has 6 nitrogen and oxygen atoms in total. The van der Waals surface area contributed by atoms with Gasteiger partial charge in [0.15, 0.2) is 0 Å². The van der Waals surface area contributed by atoms with Crippen LogP contribution >= 0.6 is 0 Å². The molecule has 0 radical (unpaired) electrons. The van der Waals surface area contributed by atoms with Gasteiger partial charge in [0, 0.05) is 12.8 Å². The Morgan fingerprint density at radius 2 is 1.54 bits per heavy atom. The summed E-state index contributed by atoms with van der Waals surface area (Å²) in [6, 6.07) is 0. The molecule has 1 saturated heterocycles. The number of nitrogens with two attached hydrogens (primary N) is 2. The molecule has 0 aliphatic carbocycles. The van der Waals surface area contributed by atoms with Crippen LogP contribution in [0.25, 0.3) is 0 Å². The monoisotopic (exact) mass is 188 g/mol. The molecule has 0 bridgehead atoms. The fourth-order valence-corrected chi connectivity index (χ4v) is 1.27. The molecule has 74 valence electrons. The van der Waals surface area contributed by atoms with Crippen molar-refractivity contribution in [1.82, 2.24) is 0 Å². The maximum Gasteiger partial charge on any atom is 0.246 e. The Morgan fingerprint density at radius 3 is 1.85 bits per heavy atom. The molecule has 2 amide bonds. The van der Waals surface area contributed by atoms with Crippen molar-refractivity contribution in [1.29, 1.82) is 0 Å². The highest BCUT2D eigenvalue weighted by molar-refractivity contribution is 5.82. The summed E-state index contributed by atoms with van der Waals surface area (Å²) in [6.45, 7) is 0. The second-order valence-electron chi connectivity index (χ2n) is 3.04. The molecule has 1 fully saturated rings. The number of ether oxygens (including phenoxy) is 1. The van der Waals surface area contributed by atoms with Crippen molar-refractivity contribution in [2.45, 2.75) is 31.2 Å². The van der Waals surface area contributed by atoms with E-state index >= 15 is 0 Å². The minimum atomic E-state index is -0.916. The molecule has 2 unspecified atom stereocenters. The van der Waals surface area contributed by atoms with Gasteiger partial charge in [0.2, 0.25) is 11.8 Å². The lowest BCUT2D eigenvalue weighted by molar-refractivity contribution is -0.156. The van der Waals surface area contributed by atoms with E-state index in [4.69, 9.17) is 16.2 Å². The summed E-state index contributed by atoms with van der Waals surface area (Å²) in [4.78, 5) is 21.4. The largest absolute Gasteiger partial charge is 0.393 e. The lowest BCUT2D eigenvalue weighted by Crippen LogP contribution is -2.47. The van der Waals surface area contributed by atoms with Gasteiger partial charge in [-0.1, -0.05) is 0 Å². The Balaban J connectivity index is 2.62. The van der Waals surface area contributed by atoms with E-state index in [1.807, 2.05) is 0 Å². The third-order valence-electron chi connectivity index (χ3n) is 1.94. The van der Waals surface area contributed by atoms with Gasteiger partial charge in [-0.2, -0.15) is 0 Å². The zero-order valence-electron chi connectivity index (χ0n) is 6.97. The Hall–Kier alpha value is -1.14.